The summed E-state index contributed by atoms with van der Waals surface area (Å²) >= 11 is 0. The Kier molecular flexibility index (Phi) is 4.65. The van der Waals surface area contributed by atoms with E-state index >= 15 is 0 Å². The normalized spacial score (nSPS) is 12.0. The van der Waals surface area contributed by atoms with Crippen molar-refractivity contribution in [3.8, 4) is 0 Å². The molecule has 2 aromatic carbocycles. The van der Waals surface area contributed by atoms with Crippen LogP contribution in [0.3, 0.4) is 0 Å². The molecule has 1 nitrogen and oxygen atoms in total. The molecule has 3 rings (SSSR count). The monoisotopic (exact) mass is 307 g/mol. The number of rotatable bonds is 5. The van der Waals surface area contributed by atoms with E-state index in [2.05, 4.69) is 84.4 Å². The van der Waals surface area contributed by atoms with Crippen LogP contribution in [-0.2, 0) is 6.42 Å². The second kappa shape index (κ2) is 6.85. The van der Waals surface area contributed by atoms with Crippen LogP contribution in [0.15, 0.2) is 85.1 Å². The molecule has 112 valence electrons. The minimum atomic E-state index is -1.72. The first-order valence-corrected chi connectivity index (χ1v) is 10.5. The van der Waals surface area contributed by atoms with Gasteiger partial charge >= 0.3 is 133 Å². The molecular formula is C20H22NP. The van der Waals surface area contributed by atoms with Crippen LogP contribution in [0, 0.1) is 0 Å². The van der Waals surface area contributed by atoms with Gasteiger partial charge in [-0.05, 0) is 0 Å². The molecule has 1 heterocycles. The Morgan fingerprint density at radius 3 is 1.77 bits per heavy atom. The van der Waals surface area contributed by atoms with E-state index in [0.717, 1.165) is 6.42 Å². The van der Waals surface area contributed by atoms with Crippen LogP contribution in [-0.4, -0.2) is 17.8 Å². The topological polar surface area (TPSA) is 12.9 Å². The number of aryl methyl sites for hydroxylation is 1. The van der Waals surface area contributed by atoms with Gasteiger partial charge in [0.15, 0.2) is 0 Å². The zero-order valence-corrected chi connectivity index (χ0v) is 13.9. The van der Waals surface area contributed by atoms with Gasteiger partial charge in [-0.3, -0.25) is 0 Å². The summed E-state index contributed by atoms with van der Waals surface area (Å²) in [4.78, 5) is 4.49. The van der Waals surface area contributed by atoms with Crippen molar-refractivity contribution in [1.82, 2.24) is 4.98 Å². The summed E-state index contributed by atoms with van der Waals surface area (Å²) in [5.41, 5.74) is 1.19. The molecular weight excluding hydrogens is 285 g/mol. The minimum absolute atomic E-state index is 1.04. The Bertz CT molecular complexity index is 656. The van der Waals surface area contributed by atoms with Gasteiger partial charge in [-0.1, -0.05) is 0 Å². The maximum absolute atomic E-state index is 4.49. The van der Waals surface area contributed by atoms with E-state index in [1.807, 2.05) is 12.3 Å². The average molecular weight is 307 g/mol. The summed E-state index contributed by atoms with van der Waals surface area (Å²) in [5, 5.41) is 2.99. The van der Waals surface area contributed by atoms with E-state index < -0.39 is 7.26 Å². The van der Waals surface area contributed by atoms with Crippen LogP contribution in [0.5, 0.6) is 0 Å². The van der Waals surface area contributed by atoms with Gasteiger partial charge in [0.1, 0.15) is 0 Å². The first-order chi connectivity index (χ1) is 10.8. The molecule has 3 aromatic rings. The Hall–Kier alpha value is -1.98. The fourth-order valence-corrected chi connectivity index (χ4v) is 6.51. The fourth-order valence-electron chi connectivity index (χ4n) is 2.99. The van der Waals surface area contributed by atoms with Crippen molar-refractivity contribution >= 4 is 17.9 Å². The predicted octanol–water partition coefficient (Wildman–Crippen LogP) is 3.65. The van der Waals surface area contributed by atoms with Crippen molar-refractivity contribution in [2.24, 2.45) is 0 Å². The van der Waals surface area contributed by atoms with Gasteiger partial charge in [-0.25, -0.2) is 0 Å². The summed E-state index contributed by atoms with van der Waals surface area (Å²) in [6, 6.07) is 28.2. The van der Waals surface area contributed by atoms with Crippen molar-refractivity contribution in [2.75, 3.05) is 12.8 Å². The van der Waals surface area contributed by atoms with Crippen molar-refractivity contribution in [1.29, 1.82) is 0 Å². The molecule has 2 heteroatoms. The molecule has 0 aliphatic rings. The molecule has 0 spiro atoms. The van der Waals surface area contributed by atoms with Crippen LogP contribution in [0.1, 0.15) is 5.69 Å². The molecule has 22 heavy (non-hydrogen) atoms. The molecule has 0 N–H and O–H groups in total. The van der Waals surface area contributed by atoms with Gasteiger partial charge < -0.3 is 0 Å². The summed E-state index contributed by atoms with van der Waals surface area (Å²) < 4.78 is 0. The maximum atomic E-state index is 4.49. The Labute approximate surface area is 133 Å². The molecule has 1 aromatic heterocycles. The molecule has 0 bridgehead atoms. The molecule has 0 radical (unpaired) electrons. The third-order valence-electron chi connectivity index (χ3n) is 4.43. The Morgan fingerprint density at radius 2 is 1.27 bits per heavy atom. The SMILES string of the molecule is C[PH](CCc1ccccn1)(c1ccccc1)c1ccccc1. The first-order valence-electron chi connectivity index (χ1n) is 7.80. The van der Waals surface area contributed by atoms with Crippen molar-refractivity contribution in [3.63, 3.8) is 0 Å². The molecule has 0 aliphatic carbocycles. The van der Waals surface area contributed by atoms with E-state index in [1.54, 1.807) is 0 Å². The molecule has 0 unspecified atom stereocenters. The zero-order chi connectivity index (χ0) is 15.3. The van der Waals surface area contributed by atoms with Crippen molar-refractivity contribution in [3.05, 3.63) is 90.8 Å². The van der Waals surface area contributed by atoms with Crippen LogP contribution in [0.25, 0.3) is 0 Å². The Morgan fingerprint density at radius 1 is 0.727 bits per heavy atom. The standard InChI is InChI=1S/C20H22NP/c1-22(19-11-4-2-5-12-19,20-13-6-3-7-14-20)17-15-18-10-8-9-16-21-18/h2-14,16,22H,15,17H2,1H3. The molecule has 0 fully saturated rings. The Balaban J connectivity index is 1.93. The van der Waals surface area contributed by atoms with Gasteiger partial charge in [0.25, 0.3) is 0 Å². The van der Waals surface area contributed by atoms with Gasteiger partial charge in [0.2, 0.25) is 0 Å². The zero-order valence-electron chi connectivity index (χ0n) is 12.9. The summed E-state index contributed by atoms with van der Waals surface area (Å²) in [6.45, 7) is 2.47. The first kappa shape index (κ1) is 14.9. The van der Waals surface area contributed by atoms with E-state index in [9.17, 15) is 0 Å². The predicted molar refractivity (Wildman–Crippen MR) is 99.2 cm³/mol. The number of aromatic nitrogens is 1. The van der Waals surface area contributed by atoms with Crippen molar-refractivity contribution < 1.29 is 0 Å². The average Bonchev–Trinajstić information content (AvgIpc) is 2.62. The number of nitrogens with zero attached hydrogens (tertiary/aromatic N) is 1. The molecule has 0 saturated carbocycles. The van der Waals surface area contributed by atoms with E-state index in [4.69, 9.17) is 0 Å². The number of benzene rings is 2. The second-order valence-corrected chi connectivity index (χ2v) is 10.2. The molecule has 0 amide bonds. The van der Waals surface area contributed by atoms with E-state index in [-0.39, 0.29) is 0 Å². The van der Waals surface area contributed by atoms with Crippen LogP contribution < -0.4 is 10.6 Å². The summed E-state index contributed by atoms with van der Waals surface area (Å²) in [7, 11) is -1.72. The van der Waals surface area contributed by atoms with Crippen LogP contribution in [0.4, 0.5) is 0 Å². The van der Waals surface area contributed by atoms with Gasteiger partial charge in [0.05, 0.1) is 0 Å². The number of hydrogen-bond donors (Lipinski definition) is 0. The van der Waals surface area contributed by atoms with E-state index in [1.165, 1.54) is 22.5 Å². The number of pyridine rings is 1. The molecule has 0 saturated heterocycles. The van der Waals surface area contributed by atoms with Crippen LogP contribution in [0.2, 0.25) is 0 Å². The third-order valence-corrected chi connectivity index (χ3v) is 8.89. The summed E-state index contributed by atoms with van der Waals surface area (Å²) in [6.07, 6.45) is 4.10. The second-order valence-electron chi connectivity index (χ2n) is 5.89. The van der Waals surface area contributed by atoms with Gasteiger partial charge in [-0.15, -0.1) is 0 Å². The van der Waals surface area contributed by atoms with Gasteiger partial charge in [-0.2, -0.15) is 0 Å². The fraction of sp³-hybridized carbons (Fsp3) is 0.150. The van der Waals surface area contributed by atoms with Crippen molar-refractivity contribution in [2.45, 2.75) is 6.42 Å². The van der Waals surface area contributed by atoms with E-state index in [0.29, 0.717) is 0 Å². The third kappa shape index (κ3) is 3.26. The summed E-state index contributed by atoms with van der Waals surface area (Å²) in [5.74, 6) is 0. The number of hydrogen-bond acceptors (Lipinski definition) is 1. The quantitative estimate of drug-likeness (QED) is 0.656. The van der Waals surface area contributed by atoms with Gasteiger partial charge in [0, 0.05) is 0 Å². The molecule has 0 atom stereocenters. The van der Waals surface area contributed by atoms with Crippen LogP contribution >= 0.6 is 7.26 Å². The molecule has 0 aliphatic heterocycles.